The first-order chi connectivity index (χ1) is 24.0. The maximum absolute atomic E-state index is 13.0. The fourth-order valence-corrected chi connectivity index (χ4v) is 11.6. The molecular weight excluding hydrogens is 627 g/mol. The third-order valence-electron chi connectivity index (χ3n) is 12.9. The fraction of sp³-hybridized carbons (Fsp3) is 0.585. The van der Waals surface area contributed by atoms with E-state index >= 15 is 0 Å². The van der Waals surface area contributed by atoms with Crippen molar-refractivity contribution in [1.82, 2.24) is 19.7 Å². The molecule has 262 valence electrons. The maximum atomic E-state index is 13.0. The van der Waals surface area contributed by atoms with Crippen molar-refractivity contribution < 1.29 is 8.42 Å². The van der Waals surface area contributed by atoms with Crippen LogP contribution in [0.4, 0.5) is 5.69 Å². The summed E-state index contributed by atoms with van der Waals surface area (Å²) in [6.07, 6.45) is 15.5. The zero-order chi connectivity index (χ0) is 33.3. The summed E-state index contributed by atoms with van der Waals surface area (Å²) in [7, 11) is -3.52. The first kappa shape index (κ1) is 33.4. The highest BCUT2D eigenvalue weighted by atomic mass is 32.2. The predicted octanol–water partition coefficient (Wildman–Crippen LogP) is 6.49. The molecule has 49 heavy (non-hydrogen) atoms. The number of fused-ring (bicyclic) bond motifs is 1. The van der Waals surface area contributed by atoms with Crippen LogP contribution in [0.5, 0.6) is 0 Å². The molecule has 1 aromatic heterocycles. The van der Waals surface area contributed by atoms with E-state index in [0.717, 1.165) is 37.2 Å². The number of pyridine rings is 1. The number of piperidine rings is 2. The highest BCUT2D eigenvalue weighted by Crippen LogP contribution is 2.53. The van der Waals surface area contributed by atoms with Crippen LogP contribution >= 0.6 is 0 Å². The second-order valence-electron chi connectivity index (χ2n) is 15.8. The van der Waals surface area contributed by atoms with E-state index in [1.165, 1.54) is 123 Å². The van der Waals surface area contributed by atoms with Gasteiger partial charge in [0.1, 0.15) is 0 Å². The van der Waals surface area contributed by atoms with Gasteiger partial charge in [-0.1, -0.05) is 43.5 Å². The van der Waals surface area contributed by atoms with E-state index in [2.05, 4.69) is 48.8 Å². The molecule has 2 aromatic carbocycles. The molecule has 0 radical (unpaired) electrons. The summed E-state index contributed by atoms with van der Waals surface area (Å²) in [6.45, 7) is 13.1. The van der Waals surface area contributed by atoms with Gasteiger partial charge in [-0.2, -0.15) is 0 Å². The first-order valence-corrected chi connectivity index (χ1v) is 20.7. The van der Waals surface area contributed by atoms with Crippen molar-refractivity contribution in [3.05, 3.63) is 84.2 Å². The van der Waals surface area contributed by atoms with E-state index in [0.29, 0.717) is 16.2 Å². The minimum Gasteiger partial charge on any atom is -0.371 e. The van der Waals surface area contributed by atoms with Crippen molar-refractivity contribution in [3.8, 4) is 0 Å². The molecule has 0 amide bonds. The van der Waals surface area contributed by atoms with E-state index in [-0.39, 0.29) is 4.90 Å². The number of hydrogen-bond acceptors (Lipinski definition) is 7. The topological polar surface area (TPSA) is 60.0 Å². The van der Waals surface area contributed by atoms with Crippen LogP contribution in [0.3, 0.4) is 0 Å². The average molecular weight is 682 g/mol. The number of rotatable bonds is 10. The monoisotopic (exact) mass is 681 g/mol. The lowest BCUT2D eigenvalue weighted by molar-refractivity contribution is 0.0305. The number of hydrogen-bond donors (Lipinski definition) is 0. The number of anilines is 1. The van der Waals surface area contributed by atoms with E-state index in [4.69, 9.17) is 0 Å². The molecule has 4 aliphatic heterocycles. The highest BCUT2D eigenvalue weighted by Gasteiger charge is 2.51. The summed E-state index contributed by atoms with van der Waals surface area (Å²) >= 11 is 0. The number of aromatic nitrogens is 1. The van der Waals surface area contributed by atoms with Crippen molar-refractivity contribution >= 4 is 15.5 Å². The number of nitrogens with zero attached hydrogens (tertiary/aromatic N) is 5. The van der Waals surface area contributed by atoms with Crippen LogP contribution < -0.4 is 4.90 Å². The Morgan fingerprint density at radius 1 is 0.673 bits per heavy atom. The molecule has 8 heteroatoms. The van der Waals surface area contributed by atoms with Gasteiger partial charge in [0.25, 0.3) is 0 Å². The van der Waals surface area contributed by atoms with Crippen LogP contribution in [0.2, 0.25) is 0 Å². The Morgan fingerprint density at radius 3 is 2.06 bits per heavy atom. The standard InChI is InChI=1S/C41H55N5O2S/c47-49(48,39-16-20-42-21-17-39)38-14-12-37(13-15-38)46-29-33(30-46)28-44-24-18-36(19-25-44)41(35-9-3-4-10-35)32-45(27-26-43-22-6-1-7-23-43)31-34-8-2-5-11-40(34)41/h2,5,8,11-17,20-21,33,35-36H,1,3-4,6-7,9-10,18-19,22-32H2. The molecular formula is C41H55N5O2S. The Balaban J connectivity index is 0.895. The summed E-state index contributed by atoms with van der Waals surface area (Å²) in [5, 5.41) is 0. The van der Waals surface area contributed by atoms with Crippen molar-refractivity contribution in [3.63, 3.8) is 0 Å². The number of likely N-dealkylation sites (tertiary alicyclic amines) is 2. The summed E-state index contributed by atoms with van der Waals surface area (Å²) < 4.78 is 26.0. The van der Waals surface area contributed by atoms with Gasteiger partial charge in [-0.25, -0.2) is 8.42 Å². The molecule has 5 aliphatic rings. The average Bonchev–Trinajstić information content (AvgIpc) is 3.69. The molecule has 1 aliphatic carbocycles. The second kappa shape index (κ2) is 14.5. The lowest BCUT2D eigenvalue weighted by atomic mass is 9.57. The molecule has 0 N–H and O–H groups in total. The molecule has 1 unspecified atom stereocenters. The van der Waals surface area contributed by atoms with Gasteiger partial charge in [0.15, 0.2) is 0 Å². The largest absolute Gasteiger partial charge is 0.371 e. The third kappa shape index (κ3) is 6.83. The maximum Gasteiger partial charge on any atom is 0.206 e. The van der Waals surface area contributed by atoms with Gasteiger partial charge in [0.05, 0.1) is 9.79 Å². The third-order valence-corrected chi connectivity index (χ3v) is 14.7. The zero-order valence-electron chi connectivity index (χ0n) is 29.3. The highest BCUT2D eigenvalue weighted by molar-refractivity contribution is 7.91. The minimum atomic E-state index is -3.52. The molecule has 3 saturated heterocycles. The van der Waals surface area contributed by atoms with Gasteiger partial charge in [-0.3, -0.25) is 9.88 Å². The summed E-state index contributed by atoms with van der Waals surface area (Å²) in [5.74, 6) is 2.24. The SMILES string of the molecule is O=S(=O)(c1ccncc1)c1ccc(N2CC(CN3CCC(C4(C5CCCC5)CN(CCN5CCCCC5)Cc5ccccc54)CC3)C2)cc1. The van der Waals surface area contributed by atoms with Crippen molar-refractivity contribution in [1.29, 1.82) is 0 Å². The van der Waals surface area contributed by atoms with E-state index in [1.54, 1.807) is 35.4 Å². The van der Waals surface area contributed by atoms with E-state index in [9.17, 15) is 8.42 Å². The van der Waals surface area contributed by atoms with Crippen LogP contribution in [0.1, 0.15) is 68.9 Å². The number of sulfone groups is 1. The lowest BCUT2D eigenvalue weighted by Gasteiger charge is -2.55. The van der Waals surface area contributed by atoms with E-state index < -0.39 is 9.84 Å². The Labute approximate surface area is 294 Å². The summed E-state index contributed by atoms with van der Waals surface area (Å²) in [6, 6.07) is 20.2. The summed E-state index contributed by atoms with van der Waals surface area (Å²) in [4.78, 5) is 15.3. The van der Waals surface area contributed by atoms with Crippen LogP contribution in [-0.2, 0) is 21.8 Å². The van der Waals surface area contributed by atoms with Gasteiger partial charge >= 0.3 is 0 Å². The molecule has 7 nitrogen and oxygen atoms in total. The molecule has 8 rings (SSSR count). The van der Waals surface area contributed by atoms with Gasteiger partial charge in [-0.05, 0) is 124 Å². The van der Waals surface area contributed by atoms with Gasteiger partial charge in [0, 0.05) is 75.2 Å². The van der Waals surface area contributed by atoms with Crippen LogP contribution in [0.15, 0.2) is 82.8 Å². The fourth-order valence-electron chi connectivity index (χ4n) is 10.3. The Morgan fingerprint density at radius 2 is 1.33 bits per heavy atom. The van der Waals surface area contributed by atoms with Crippen LogP contribution in [0.25, 0.3) is 0 Å². The summed E-state index contributed by atoms with van der Waals surface area (Å²) in [5.41, 5.74) is 4.73. The Kier molecular flexibility index (Phi) is 9.84. The molecule has 1 atom stereocenters. The molecule has 0 spiro atoms. The Hall–Kier alpha value is -2.78. The normalized spacial score (nSPS) is 25.3. The number of benzene rings is 2. The predicted molar refractivity (Wildman–Crippen MR) is 197 cm³/mol. The molecule has 0 bridgehead atoms. The van der Waals surface area contributed by atoms with Crippen molar-refractivity contribution in [2.24, 2.45) is 17.8 Å². The quantitative estimate of drug-likeness (QED) is 0.243. The van der Waals surface area contributed by atoms with Crippen molar-refractivity contribution in [2.45, 2.75) is 79.5 Å². The smallest absolute Gasteiger partial charge is 0.206 e. The van der Waals surface area contributed by atoms with Crippen LogP contribution in [-0.4, -0.2) is 93.5 Å². The van der Waals surface area contributed by atoms with Crippen LogP contribution in [0, 0.1) is 17.8 Å². The van der Waals surface area contributed by atoms with Gasteiger partial charge in [0.2, 0.25) is 9.84 Å². The lowest BCUT2D eigenvalue weighted by Crippen LogP contribution is -2.58. The van der Waals surface area contributed by atoms with E-state index in [1.807, 2.05) is 12.1 Å². The molecule has 1 saturated carbocycles. The van der Waals surface area contributed by atoms with Crippen molar-refractivity contribution in [2.75, 3.05) is 70.3 Å². The first-order valence-electron chi connectivity index (χ1n) is 19.2. The van der Waals surface area contributed by atoms with Gasteiger partial charge in [-0.15, -0.1) is 0 Å². The molecule has 4 fully saturated rings. The molecule has 3 aromatic rings. The Bertz CT molecular complexity index is 1640. The zero-order valence-corrected chi connectivity index (χ0v) is 30.1. The minimum absolute atomic E-state index is 0.287. The molecule has 5 heterocycles. The second-order valence-corrected chi connectivity index (χ2v) is 17.8. The van der Waals surface area contributed by atoms with Gasteiger partial charge < -0.3 is 14.7 Å².